The van der Waals surface area contributed by atoms with Crippen molar-refractivity contribution in [1.29, 1.82) is 0 Å². The van der Waals surface area contributed by atoms with Gasteiger partial charge in [0.25, 0.3) is 0 Å². The molecule has 19 heavy (non-hydrogen) atoms. The highest BCUT2D eigenvalue weighted by molar-refractivity contribution is 9.10. The molecule has 0 N–H and O–H groups in total. The maximum Gasteiger partial charge on any atom is 0.0511 e. The average Bonchev–Trinajstić information content (AvgIpc) is 2.37. The number of rotatable bonds is 2. The zero-order chi connectivity index (χ0) is 14.0. The average molecular weight is 346 g/mol. The molecular formula is C15H22BrClN2. The summed E-state index contributed by atoms with van der Waals surface area (Å²) in [7, 11) is 0. The first-order chi connectivity index (χ1) is 8.91. The number of piperazine rings is 1. The van der Waals surface area contributed by atoms with Gasteiger partial charge in [0.15, 0.2) is 0 Å². The molecule has 0 radical (unpaired) electrons. The van der Waals surface area contributed by atoms with Crippen LogP contribution in [0.3, 0.4) is 0 Å². The SMILES string of the molecule is CC(C)(C)N1CCN(c2ccc(CCl)cc2Br)CC1. The summed E-state index contributed by atoms with van der Waals surface area (Å²) in [6.45, 7) is 11.3. The minimum absolute atomic E-state index is 0.270. The Kier molecular flexibility index (Phi) is 4.80. The molecule has 0 spiro atoms. The lowest BCUT2D eigenvalue weighted by molar-refractivity contribution is 0.128. The van der Waals surface area contributed by atoms with Crippen molar-refractivity contribution in [2.24, 2.45) is 0 Å². The van der Waals surface area contributed by atoms with Crippen LogP contribution in [0.25, 0.3) is 0 Å². The zero-order valence-electron chi connectivity index (χ0n) is 11.9. The molecule has 0 unspecified atom stereocenters. The third-order valence-corrected chi connectivity index (χ3v) is 4.68. The standard InChI is InChI=1S/C15H22BrClN2/c1-15(2,3)19-8-6-18(7-9-19)14-5-4-12(11-17)10-13(14)16/h4-5,10H,6-9,11H2,1-3H3. The molecule has 2 rings (SSSR count). The van der Waals surface area contributed by atoms with Gasteiger partial charge >= 0.3 is 0 Å². The lowest BCUT2D eigenvalue weighted by Crippen LogP contribution is -2.53. The van der Waals surface area contributed by atoms with Crippen molar-refractivity contribution < 1.29 is 0 Å². The van der Waals surface area contributed by atoms with E-state index in [0.717, 1.165) is 36.2 Å². The molecule has 106 valence electrons. The Morgan fingerprint density at radius 1 is 1.16 bits per heavy atom. The highest BCUT2D eigenvalue weighted by atomic mass is 79.9. The van der Waals surface area contributed by atoms with Crippen LogP contribution in [0.1, 0.15) is 26.3 Å². The van der Waals surface area contributed by atoms with Gasteiger partial charge in [-0.25, -0.2) is 0 Å². The minimum atomic E-state index is 0.270. The molecule has 0 aliphatic carbocycles. The molecule has 0 amide bonds. The zero-order valence-corrected chi connectivity index (χ0v) is 14.3. The number of anilines is 1. The summed E-state index contributed by atoms with van der Waals surface area (Å²) in [5, 5.41) is 0. The third kappa shape index (κ3) is 3.65. The number of nitrogens with zero attached hydrogens (tertiary/aromatic N) is 2. The van der Waals surface area contributed by atoms with Crippen LogP contribution in [0, 0.1) is 0 Å². The van der Waals surface area contributed by atoms with E-state index in [4.69, 9.17) is 11.6 Å². The Hall–Kier alpha value is -0.250. The lowest BCUT2D eigenvalue weighted by Gasteiger charge is -2.43. The fraction of sp³-hybridized carbons (Fsp3) is 0.600. The van der Waals surface area contributed by atoms with Gasteiger partial charge in [-0.05, 0) is 54.4 Å². The molecule has 0 bridgehead atoms. The predicted molar refractivity (Wildman–Crippen MR) is 87.2 cm³/mol. The Morgan fingerprint density at radius 3 is 2.26 bits per heavy atom. The monoisotopic (exact) mass is 344 g/mol. The smallest absolute Gasteiger partial charge is 0.0511 e. The second kappa shape index (κ2) is 6.02. The van der Waals surface area contributed by atoms with Gasteiger partial charge in [0.2, 0.25) is 0 Å². The van der Waals surface area contributed by atoms with Crippen molar-refractivity contribution in [2.45, 2.75) is 32.2 Å². The molecule has 0 atom stereocenters. The van der Waals surface area contributed by atoms with Crippen molar-refractivity contribution in [2.75, 3.05) is 31.1 Å². The molecule has 1 aromatic rings. The molecule has 2 nitrogen and oxygen atoms in total. The quantitative estimate of drug-likeness (QED) is 0.744. The maximum absolute atomic E-state index is 5.87. The molecule has 0 saturated carbocycles. The first kappa shape index (κ1) is 15.1. The molecule has 1 heterocycles. The maximum atomic E-state index is 5.87. The van der Waals surface area contributed by atoms with Gasteiger partial charge in [0.05, 0.1) is 5.69 Å². The summed E-state index contributed by atoms with van der Waals surface area (Å²) < 4.78 is 1.15. The van der Waals surface area contributed by atoms with Crippen LogP contribution in [0.2, 0.25) is 0 Å². The van der Waals surface area contributed by atoms with Crippen LogP contribution in [0.4, 0.5) is 5.69 Å². The fourth-order valence-electron chi connectivity index (χ4n) is 2.51. The topological polar surface area (TPSA) is 6.48 Å². The van der Waals surface area contributed by atoms with Gasteiger partial charge < -0.3 is 4.90 Å². The second-order valence-corrected chi connectivity index (χ2v) is 7.19. The van der Waals surface area contributed by atoms with E-state index in [1.54, 1.807) is 0 Å². The van der Waals surface area contributed by atoms with Gasteiger partial charge in [-0.3, -0.25) is 4.90 Å². The van der Waals surface area contributed by atoms with E-state index >= 15 is 0 Å². The van der Waals surface area contributed by atoms with Gasteiger partial charge in [0.1, 0.15) is 0 Å². The summed E-state index contributed by atoms with van der Waals surface area (Å²) in [4.78, 5) is 4.99. The van der Waals surface area contributed by atoms with Crippen LogP contribution >= 0.6 is 27.5 Å². The predicted octanol–water partition coefficient (Wildman–Crippen LogP) is 4.11. The molecule has 1 aliphatic rings. The Labute approximate surface area is 129 Å². The summed E-state index contributed by atoms with van der Waals surface area (Å²) in [5.41, 5.74) is 2.71. The van der Waals surface area contributed by atoms with E-state index in [1.165, 1.54) is 5.69 Å². The number of alkyl halides is 1. The van der Waals surface area contributed by atoms with Crippen LogP contribution in [0.15, 0.2) is 22.7 Å². The fourth-order valence-corrected chi connectivity index (χ4v) is 3.35. The van der Waals surface area contributed by atoms with Crippen molar-refractivity contribution in [1.82, 2.24) is 4.90 Å². The van der Waals surface area contributed by atoms with Crippen LogP contribution in [-0.2, 0) is 5.88 Å². The van der Waals surface area contributed by atoms with Crippen molar-refractivity contribution in [3.05, 3.63) is 28.2 Å². The van der Waals surface area contributed by atoms with Gasteiger partial charge in [-0.15, -0.1) is 11.6 Å². The molecule has 1 saturated heterocycles. The normalized spacial score (nSPS) is 17.8. The highest BCUT2D eigenvalue weighted by Gasteiger charge is 2.26. The van der Waals surface area contributed by atoms with Crippen molar-refractivity contribution in [3.63, 3.8) is 0 Å². The first-order valence-corrected chi connectivity index (χ1v) is 8.09. The van der Waals surface area contributed by atoms with Crippen molar-refractivity contribution >= 4 is 33.2 Å². The third-order valence-electron chi connectivity index (χ3n) is 3.74. The van der Waals surface area contributed by atoms with E-state index in [9.17, 15) is 0 Å². The van der Waals surface area contributed by atoms with Gasteiger partial charge in [-0.1, -0.05) is 6.07 Å². The molecule has 4 heteroatoms. The highest BCUT2D eigenvalue weighted by Crippen LogP contribution is 2.29. The minimum Gasteiger partial charge on any atom is -0.368 e. The molecule has 0 aromatic heterocycles. The van der Waals surface area contributed by atoms with E-state index in [1.807, 2.05) is 0 Å². The van der Waals surface area contributed by atoms with Crippen LogP contribution in [0.5, 0.6) is 0 Å². The molecule has 1 aliphatic heterocycles. The lowest BCUT2D eigenvalue weighted by atomic mass is 10.0. The number of halogens is 2. The van der Waals surface area contributed by atoms with Gasteiger partial charge in [0, 0.05) is 42.1 Å². The van der Waals surface area contributed by atoms with Crippen molar-refractivity contribution in [3.8, 4) is 0 Å². The van der Waals surface area contributed by atoms with E-state index in [2.05, 4.69) is 64.7 Å². The summed E-state index contributed by atoms with van der Waals surface area (Å²) in [6.07, 6.45) is 0. The Bertz CT molecular complexity index is 434. The van der Waals surface area contributed by atoms with E-state index in [-0.39, 0.29) is 5.54 Å². The summed E-state index contributed by atoms with van der Waals surface area (Å²) in [6, 6.07) is 6.41. The molecule has 1 fully saturated rings. The number of hydrogen-bond acceptors (Lipinski definition) is 2. The van der Waals surface area contributed by atoms with E-state index < -0.39 is 0 Å². The Balaban J connectivity index is 2.06. The van der Waals surface area contributed by atoms with Gasteiger partial charge in [-0.2, -0.15) is 0 Å². The Morgan fingerprint density at radius 2 is 1.79 bits per heavy atom. The number of hydrogen-bond donors (Lipinski definition) is 0. The molecule has 1 aromatic carbocycles. The van der Waals surface area contributed by atoms with Crippen LogP contribution in [-0.4, -0.2) is 36.6 Å². The largest absolute Gasteiger partial charge is 0.368 e. The first-order valence-electron chi connectivity index (χ1n) is 6.76. The number of benzene rings is 1. The molecular weight excluding hydrogens is 324 g/mol. The second-order valence-electron chi connectivity index (χ2n) is 6.06. The van der Waals surface area contributed by atoms with E-state index in [0.29, 0.717) is 5.88 Å². The summed E-state index contributed by atoms with van der Waals surface area (Å²) >= 11 is 9.53. The van der Waals surface area contributed by atoms with Crippen LogP contribution < -0.4 is 4.90 Å². The summed E-state index contributed by atoms with van der Waals surface area (Å²) in [5.74, 6) is 0.566.